The summed E-state index contributed by atoms with van der Waals surface area (Å²) in [7, 11) is 0. The molecule has 1 saturated carbocycles. The van der Waals surface area contributed by atoms with E-state index in [1.165, 1.54) is 17.4 Å². The third-order valence-electron chi connectivity index (χ3n) is 5.27. The van der Waals surface area contributed by atoms with E-state index in [-0.39, 0.29) is 12.3 Å². The highest BCUT2D eigenvalue weighted by atomic mass is 32.1. The number of ether oxygens (including phenoxy) is 1. The van der Waals surface area contributed by atoms with E-state index in [2.05, 4.69) is 10.6 Å². The van der Waals surface area contributed by atoms with Crippen LogP contribution in [0, 0.1) is 11.2 Å². The lowest BCUT2D eigenvalue weighted by Crippen LogP contribution is -2.54. The number of amides is 2. The molecule has 31 heavy (non-hydrogen) atoms. The van der Waals surface area contributed by atoms with E-state index in [4.69, 9.17) is 10.1 Å². The van der Waals surface area contributed by atoms with Crippen molar-refractivity contribution in [2.75, 3.05) is 0 Å². The van der Waals surface area contributed by atoms with E-state index in [1.807, 2.05) is 30.3 Å². The molecule has 0 aliphatic heterocycles. The summed E-state index contributed by atoms with van der Waals surface area (Å²) in [5.74, 6) is -0.903. The molecule has 3 atom stereocenters. The number of hydrogen-bond donors (Lipinski definition) is 3. The Hall–Kier alpha value is -2.74. The molecular weight excluding hydrogens is 417 g/mol. The summed E-state index contributed by atoms with van der Waals surface area (Å²) >= 11 is 1.18. The van der Waals surface area contributed by atoms with Crippen molar-refractivity contribution in [1.82, 2.24) is 10.6 Å². The van der Waals surface area contributed by atoms with Crippen LogP contribution in [-0.4, -0.2) is 34.9 Å². The molecule has 0 radical (unpaired) electrons. The minimum Gasteiger partial charge on any atom is -0.444 e. The van der Waals surface area contributed by atoms with Crippen molar-refractivity contribution >= 4 is 29.0 Å². The predicted molar refractivity (Wildman–Crippen MR) is 119 cm³/mol. The first-order chi connectivity index (χ1) is 14.5. The maximum Gasteiger partial charge on any atom is 0.408 e. The number of halogens is 1. The second kappa shape index (κ2) is 8.78. The van der Waals surface area contributed by atoms with Crippen molar-refractivity contribution < 1.29 is 18.7 Å². The van der Waals surface area contributed by atoms with Gasteiger partial charge in [0.1, 0.15) is 17.5 Å². The maximum atomic E-state index is 14.0. The minimum atomic E-state index is -1.03. The van der Waals surface area contributed by atoms with Crippen LogP contribution in [0.1, 0.15) is 50.5 Å². The molecule has 3 rings (SSSR count). The number of carbonyl (C=O) groups excluding carboxylic acids is 2. The van der Waals surface area contributed by atoms with E-state index < -0.39 is 35.0 Å². The summed E-state index contributed by atoms with van der Waals surface area (Å²) in [4.78, 5) is 25.9. The first-order valence-corrected chi connectivity index (χ1v) is 11.0. The molecule has 1 heterocycles. The molecule has 1 aliphatic rings. The molecule has 2 unspecified atom stereocenters. The van der Waals surface area contributed by atoms with Crippen LogP contribution >= 0.6 is 11.3 Å². The lowest BCUT2D eigenvalue weighted by atomic mass is 10.0. The van der Waals surface area contributed by atoms with Crippen LogP contribution in [0.3, 0.4) is 0 Å². The Balaban J connectivity index is 1.79. The summed E-state index contributed by atoms with van der Waals surface area (Å²) in [5.41, 5.74) is -0.162. The average molecular weight is 446 g/mol. The fourth-order valence-electron chi connectivity index (χ4n) is 3.62. The highest BCUT2D eigenvalue weighted by Crippen LogP contribution is 2.52. The molecular formula is C23H28FN3O3S. The lowest BCUT2D eigenvalue weighted by Gasteiger charge is -2.26. The molecule has 1 aliphatic carbocycles. The Morgan fingerprint density at radius 2 is 1.97 bits per heavy atom. The van der Waals surface area contributed by atoms with Gasteiger partial charge in [-0.25, -0.2) is 9.18 Å². The molecule has 1 aromatic heterocycles. The van der Waals surface area contributed by atoms with E-state index >= 15 is 0 Å². The van der Waals surface area contributed by atoms with Crippen molar-refractivity contribution in [3.05, 3.63) is 58.0 Å². The summed E-state index contributed by atoms with van der Waals surface area (Å²) in [6.07, 6.45) is -0.150. The van der Waals surface area contributed by atoms with Gasteiger partial charge in [-0.15, -0.1) is 11.3 Å². The molecule has 2 aromatic rings. The highest BCUT2D eigenvalue weighted by molar-refractivity contribution is 7.09. The molecule has 3 N–H and O–H groups in total. The second-order valence-corrected chi connectivity index (χ2v) is 9.85. The van der Waals surface area contributed by atoms with Crippen molar-refractivity contribution in [3.63, 3.8) is 0 Å². The Morgan fingerprint density at radius 3 is 2.52 bits per heavy atom. The standard InChI is InChI=1S/C23H28FN3O3S/c1-14(25)23(13-16(23)15-8-6-5-7-9-15)27-20(28)18(12-19-17(24)10-11-31-19)26-21(29)30-22(2,3)4/h5-11,16,18,25H,12-13H2,1-4H3,(H,26,29)(H,27,28)/t16?,18?,23-/m0/s1. The number of carbonyl (C=O) groups is 2. The van der Waals surface area contributed by atoms with Gasteiger partial charge < -0.3 is 20.8 Å². The molecule has 0 saturated heterocycles. The van der Waals surface area contributed by atoms with Crippen LogP contribution in [0.25, 0.3) is 0 Å². The number of rotatable bonds is 7. The third-order valence-corrected chi connectivity index (χ3v) is 6.18. The average Bonchev–Trinajstić information content (AvgIpc) is 3.28. The van der Waals surface area contributed by atoms with E-state index in [1.54, 1.807) is 33.1 Å². The number of hydrogen-bond acceptors (Lipinski definition) is 5. The Bertz CT molecular complexity index is 970. The quantitative estimate of drug-likeness (QED) is 0.552. The van der Waals surface area contributed by atoms with Gasteiger partial charge in [-0.1, -0.05) is 30.3 Å². The zero-order chi connectivity index (χ0) is 22.8. The van der Waals surface area contributed by atoms with Gasteiger partial charge in [0.25, 0.3) is 0 Å². The number of benzene rings is 1. The fraction of sp³-hybridized carbons (Fsp3) is 0.435. The van der Waals surface area contributed by atoms with Gasteiger partial charge in [0.15, 0.2) is 0 Å². The summed E-state index contributed by atoms with van der Waals surface area (Å²) in [6, 6.07) is 10.0. The molecule has 166 valence electrons. The number of nitrogens with one attached hydrogen (secondary N) is 3. The maximum absolute atomic E-state index is 14.0. The van der Waals surface area contributed by atoms with Crippen LogP contribution in [-0.2, 0) is 16.0 Å². The van der Waals surface area contributed by atoms with Gasteiger partial charge in [-0.05, 0) is 51.1 Å². The summed E-state index contributed by atoms with van der Waals surface area (Å²) in [6.45, 7) is 6.84. The normalized spacial score (nSPS) is 21.1. The van der Waals surface area contributed by atoms with Crippen molar-refractivity contribution in [1.29, 1.82) is 5.41 Å². The second-order valence-electron chi connectivity index (χ2n) is 8.85. The van der Waals surface area contributed by atoms with Crippen molar-refractivity contribution in [2.24, 2.45) is 0 Å². The van der Waals surface area contributed by atoms with Crippen molar-refractivity contribution in [3.8, 4) is 0 Å². The summed E-state index contributed by atoms with van der Waals surface area (Å²) in [5, 5.41) is 15.4. The zero-order valence-corrected chi connectivity index (χ0v) is 18.9. The van der Waals surface area contributed by atoms with Crippen LogP contribution in [0.5, 0.6) is 0 Å². The van der Waals surface area contributed by atoms with Crippen LogP contribution in [0.4, 0.5) is 9.18 Å². The Morgan fingerprint density at radius 1 is 1.29 bits per heavy atom. The van der Waals surface area contributed by atoms with Crippen LogP contribution in [0.2, 0.25) is 0 Å². The minimum absolute atomic E-state index is 0.00227. The van der Waals surface area contributed by atoms with Gasteiger partial charge in [0, 0.05) is 22.9 Å². The Kier molecular flexibility index (Phi) is 6.50. The number of thiophene rings is 1. The largest absolute Gasteiger partial charge is 0.444 e. The molecule has 1 fully saturated rings. The molecule has 1 aromatic carbocycles. The third kappa shape index (κ3) is 5.50. The lowest BCUT2D eigenvalue weighted by molar-refractivity contribution is -0.123. The van der Waals surface area contributed by atoms with Gasteiger partial charge in [-0.3, -0.25) is 4.79 Å². The van der Waals surface area contributed by atoms with Crippen LogP contribution < -0.4 is 10.6 Å². The molecule has 0 bridgehead atoms. The Labute approximate surface area is 185 Å². The van der Waals surface area contributed by atoms with Gasteiger partial charge in [-0.2, -0.15) is 0 Å². The van der Waals surface area contributed by atoms with Gasteiger partial charge >= 0.3 is 6.09 Å². The SMILES string of the molecule is CC(=N)[C@@]1(NC(=O)C(Cc2sccc2F)NC(=O)OC(C)(C)C)CC1c1ccccc1. The van der Waals surface area contributed by atoms with E-state index in [0.717, 1.165) is 5.56 Å². The first-order valence-electron chi connectivity index (χ1n) is 10.2. The van der Waals surface area contributed by atoms with Crippen molar-refractivity contribution in [2.45, 2.75) is 63.6 Å². The van der Waals surface area contributed by atoms with Gasteiger partial charge in [0.2, 0.25) is 5.91 Å². The summed E-state index contributed by atoms with van der Waals surface area (Å²) < 4.78 is 19.3. The zero-order valence-electron chi connectivity index (χ0n) is 18.1. The van der Waals surface area contributed by atoms with E-state index in [0.29, 0.717) is 17.0 Å². The molecule has 6 nitrogen and oxygen atoms in total. The monoisotopic (exact) mass is 445 g/mol. The smallest absolute Gasteiger partial charge is 0.408 e. The highest BCUT2D eigenvalue weighted by Gasteiger charge is 2.58. The fourth-order valence-corrected chi connectivity index (χ4v) is 4.41. The molecule has 2 amide bonds. The number of alkyl carbamates (subject to hydrolysis) is 1. The first kappa shape index (κ1) is 22.9. The predicted octanol–water partition coefficient (Wildman–Crippen LogP) is 4.41. The topological polar surface area (TPSA) is 91.3 Å². The van der Waals surface area contributed by atoms with Crippen LogP contribution in [0.15, 0.2) is 41.8 Å². The molecule has 8 heteroatoms. The van der Waals surface area contributed by atoms with E-state index in [9.17, 15) is 14.0 Å². The van der Waals surface area contributed by atoms with Gasteiger partial charge in [0.05, 0.1) is 5.54 Å². The molecule has 0 spiro atoms.